The van der Waals surface area contributed by atoms with Crippen LogP contribution in [-0.2, 0) is 6.42 Å². The number of hydrogen-bond donors (Lipinski definition) is 1. The van der Waals surface area contributed by atoms with Crippen molar-refractivity contribution in [3.05, 3.63) is 40.8 Å². The molecule has 0 amide bonds. The van der Waals surface area contributed by atoms with E-state index in [4.69, 9.17) is 11.6 Å². The van der Waals surface area contributed by atoms with E-state index in [0.29, 0.717) is 28.5 Å². The Morgan fingerprint density at radius 1 is 1.32 bits per heavy atom. The Kier molecular flexibility index (Phi) is 4.64. The fraction of sp³-hybridized carbons (Fsp3) is 0.375. The van der Waals surface area contributed by atoms with Crippen molar-refractivity contribution in [3.8, 4) is 11.5 Å². The summed E-state index contributed by atoms with van der Waals surface area (Å²) >= 11 is 6.24. The molecule has 0 aliphatic carbocycles. The van der Waals surface area contributed by atoms with Gasteiger partial charge in [-0.1, -0.05) is 24.6 Å². The number of rotatable bonds is 4. The van der Waals surface area contributed by atoms with Crippen LogP contribution in [0, 0.1) is 0 Å². The van der Waals surface area contributed by atoms with Crippen LogP contribution in [0.15, 0.2) is 24.5 Å². The lowest BCUT2D eigenvalue weighted by molar-refractivity contribution is -0.281. The molecule has 2 heterocycles. The van der Waals surface area contributed by atoms with Gasteiger partial charge in [-0.25, -0.2) is 9.97 Å². The molecule has 0 fully saturated rings. The Bertz CT molecular complexity index is 791. The van der Waals surface area contributed by atoms with Crippen molar-refractivity contribution in [2.75, 3.05) is 5.32 Å². The summed E-state index contributed by atoms with van der Waals surface area (Å²) in [7, 11) is 0. The average molecular weight is 374 g/mol. The monoisotopic (exact) mass is 373 g/mol. The zero-order valence-electron chi connectivity index (χ0n) is 13.4. The summed E-state index contributed by atoms with van der Waals surface area (Å²) in [6.07, 6.45) is -4.81. The van der Waals surface area contributed by atoms with Crippen LogP contribution in [-0.4, -0.2) is 22.4 Å². The highest BCUT2D eigenvalue weighted by Crippen LogP contribution is 2.41. The third kappa shape index (κ3) is 3.44. The van der Waals surface area contributed by atoms with Crippen molar-refractivity contribution in [1.29, 1.82) is 0 Å². The minimum Gasteiger partial charge on any atom is -0.447 e. The van der Waals surface area contributed by atoms with E-state index in [1.54, 1.807) is 6.07 Å². The van der Waals surface area contributed by atoms with Gasteiger partial charge in [0.2, 0.25) is 0 Å². The summed E-state index contributed by atoms with van der Waals surface area (Å²) < 4.78 is 48.6. The number of ether oxygens (including phenoxy) is 2. The molecule has 0 bridgehead atoms. The van der Waals surface area contributed by atoms with Crippen molar-refractivity contribution in [2.45, 2.75) is 38.8 Å². The number of nitrogens with zero attached hydrogens (tertiary/aromatic N) is 2. The van der Waals surface area contributed by atoms with Crippen LogP contribution in [0.3, 0.4) is 0 Å². The van der Waals surface area contributed by atoms with E-state index >= 15 is 0 Å². The number of benzene rings is 1. The Hall–Kier alpha value is -2.22. The van der Waals surface area contributed by atoms with Crippen molar-refractivity contribution >= 4 is 17.4 Å². The van der Waals surface area contributed by atoms with E-state index in [2.05, 4.69) is 24.8 Å². The first kappa shape index (κ1) is 17.6. The molecule has 3 rings (SSSR count). The largest absolute Gasteiger partial charge is 0.468 e. The Balaban J connectivity index is 1.82. The van der Waals surface area contributed by atoms with Gasteiger partial charge in [-0.3, -0.25) is 0 Å². The summed E-state index contributed by atoms with van der Waals surface area (Å²) in [6, 6.07) is 4.02. The fourth-order valence-electron chi connectivity index (χ4n) is 2.39. The molecular weight excluding hydrogens is 359 g/mol. The van der Waals surface area contributed by atoms with Crippen LogP contribution in [0.2, 0.25) is 5.02 Å². The van der Waals surface area contributed by atoms with Gasteiger partial charge in [0.05, 0.1) is 11.7 Å². The second kappa shape index (κ2) is 6.59. The number of hydrogen-bond acceptors (Lipinski definition) is 5. The summed E-state index contributed by atoms with van der Waals surface area (Å²) in [6.45, 7) is 3.74. The summed E-state index contributed by atoms with van der Waals surface area (Å²) in [5.74, 6) is 0.140. The SMILES string of the molecule is CCc1ncnc(NC(C)c2ccc3c(c2)OC(F)C(F)(F)O3)c1Cl. The van der Waals surface area contributed by atoms with Gasteiger partial charge in [0.15, 0.2) is 11.5 Å². The molecule has 0 spiro atoms. The molecule has 2 atom stereocenters. The molecule has 2 unspecified atom stereocenters. The molecule has 2 aromatic rings. The van der Waals surface area contributed by atoms with Crippen molar-refractivity contribution in [1.82, 2.24) is 9.97 Å². The van der Waals surface area contributed by atoms with Crippen molar-refractivity contribution in [3.63, 3.8) is 0 Å². The second-order valence-electron chi connectivity index (χ2n) is 5.51. The van der Waals surface area contributed by atoms with Crippen LogP contribution in [0.5, 0.6) is 11.5 Å². The van der Waals surface area contributed by atoms with Crippen LogP contribution in [0.4, 0.5) is 19.0 Å². The normalized spacial score (nSPS) is 19.4. The summed E-state index contributed by atoms with van der Waals surface area (Å²) in [5.41, 5.74) is 1.36. The Morgan fingerprint density at radius 3 is 2.80 bits per heavy atom. The van der Waals surface area contributed by atoms with Crippen LogP contribution in [0.1, 0.15) is 31.1 Å². The van der Waals surface area contributed by atoms with Gasteiger partial charge in [-0.05, 0) is 31.0 Å². The predicted molar refractivity (Wildman–Crippen MR) is 86.0 cm³/mol. The van der Waals surface area contributed by atoms with E-state index < -0.39 is 12.5 Å². The van der Waals surface area contributed by atoms with Gasteiger partial charge in [-0.2, -0.15) is 13.2 Å². The highest BCUT2D eigenvalue weighted by Gasteiger charge is 2.49. The topological polar surface area (TPSA) is 56.3 Å². The number of anilines is 1. The fourth-order valence-corrected chi connectivity index (χ4v) is 2.67. The van der Waals surface area contributed by atoms with E-state index in [1.807, 2.05) is 13.8 Å². The first-order chi connectivity index (χ1) is 11.8. The standard InChI is InChI=1S/C16H15ClF3N3O2/c1-3-10-13(17)14(22-7-21-10)23-8(2)9-4-5-11-12(6-9)24-15(18)16(19,20)25-11/h4-8,15H,3H2,1-2H3,(H,21,22,23). The molecule has 1 aliphatic heterocycles. The summed E-state index contributed by atoms with van der Waals surface area (Å²) in [4.78, 5) is 8.19. The lowest BCUT2D eigenvalue weighted by atomic mass is 10.1. The molecule has 134 valence electrons. The zero-order chi connectivity index (χ0) is 18.2. The van der Waals surface area contributed by atoms with E-state index in [9.17, 15) is 13.2 Å². The number of fused-ring (bicyclic) bond motifs is 1. The lowest BCUT2D eigenvalue weighted by Gasteiger charge is -2.29. The first-order valence-corrected chi connectivity index (χ1v) is 7.97. The molecule has 1 aliphatic rings. The maximum absolute atomic E-state index is 13.3. The van der Waals surface area contributed by atoms with Crippen LogP contribution < -0.4 is 14.8 Å². The Labute approximate surface area is 147 Å². The highest BCUT2D eigenvalue weighted by atomic mass is 35.5. The van der Waals surface area contributed by atoms with Gasteiger partial charge in [-0.15, -0.1) is 0 Å². The van der Waals surface area contributed by atoms with Gasteiger partial charge in [0, 0.05) is 0 Å². The lowest BCUT2D eigenvalue weighted by Crippen LogP contribution is -2.43. The molecule has 1 N–H and O–H groups in total. The highest BCUT2D eigenvalue weighted by molar-refractivity contribution is 6.33. The molecular formula is C16H15ClF3N3O2. The molecule has 25 heavy (non-hydrogen) atoms. The molecule has 5 nitrogen and oxygen atoms in total. The van der Waals surface area contributed by atoms with Crippen LogP contribution in [0.25, 0.3) is 0 Å². The zero-order valence-corrected chi connectivity index (χ0v) is 14.1. The molecule has 0 radical (unpaired) electrons. The number of nitrogens with one attached hydrogen (secondary N) is 1. The van der Waals surface area contributed by atoms with E-state index in [0.717, 1.165) is 0 Å². The number of halogens is 4. The van der Waals surface area contributed by atoms with E-state index in [1.165, 1.54) is 18.5 Å². The molecule has 1 aromatic heterocycles. The van der Waals surface area contributed by atoms with E-state index in [-0.39, 0.29) is 17.5 Å². The second-order valence-corrected chi connectivity index (χ2v) is 5.88. The van der Waals surface area contributed by atoms with Gasteiger partial charge in [0.1, 0.15) is 17.2 Å². The first-order valence-electron chi connectivity index (χ1n) is 7.59. The third-order valence-electron chi connectivity index (χ3n) is 3.76. The number of alkyl halides is 3. The smallest absolute Gasteiger partial charge is 0.447 e. The summed E-state index contributed by atoms with van der Waals surface area (Å²) in [5, 5.41) is 3.53. The maximum atomic E-state index is 13.3. The van der Waals surface area contributed by atoms with Gasteiger partial charge in [0.25, 0.3) is 0 Å². The predicted octanol–water partition coefficient (Wildman–Crippen LogP) is 4.53. The molecule has 0 saturated heterocycles. The number of aryl methyl sites for hydroxylation is 1. The van der Waals surface area contributed by atoms with Crippen molar-refractivity contribution < 1.29 is 22.6 Å². The van der Waals surface area contributed by atoms with Gasteiger partial charge >= 0.3 is 12.5 Å². The van der Waals surface area contributed by atoms with Gasteiger partial charge < -0.3 is 14.8 Å². The van der Waals surface area contributed by atoms with Crippen molar-refractivity contribution in [2.24, 2.45) is 0 Å². The molecule has 0 saturated carbocycles. The molecule has 9 heteroatoms. The Morgan fingerprint density at radius 2 is 2.08 bits per heavy atom. The van der Waals surface area contributed by atoms with Crippen LogP contribution >= 0.6 is 11.6 Å². The minimum atomic E-state index is -4.01. The average Bonchev–Trinajstić information content (AvgIpc) is 2.57. The maximum Gasteiger partial charge on any atom is 0.468 e. The third-order valence-corrected chi connectivity index (χ3v) is 4.16. The quantitative estimate of drug-likeness (QED) is 0.853. The number of aromatic nitrogens is 2. The minimum absolute atomic E-state index is 0.0902. The molecule has 1 aromatic carbocycles.